The van der Waals surface area contributed by atoms with Gasteiger partial charge in [-0.05, 0) is 31.2 Å². The topological polar surface area (TPSA) is 79.8 Å². The number of nitrogens with one attached hydrogen (secondary N) is 2. The lowest BCUT2D eigenvalue weighted by atomic mass is 10.2. The Morgan fingerprint density at radius 1 is 1.23 bits per heavy atom. The van der Waals surface area contributed by atoms with E-state index in [1.54, 1.807) is 19.2 Å². The quantitative estimate of drug-likeness (QED) is 0.867. The number of hydrogen-bond acceptors (Lipinski definition) is 5. The van der Waals surface area contributed by atoms with Gasteiger partial charge in [-0.1, -0.05) is 41.6 Å². The summed E-state index contributed by atoms with van der Waals surface area (Å²) in [5, 5.41) is 5.41. The molecule has 0 aliphatic carbocycles. The Morgan fingerprint density at radius 2 is 1.96 bits per heavy atom. The summed E-state index contributed by atoms with van der Waals surface area (Å²) in [4.78, 5) is 29.0. The molecular weight excluding hydrogens is 350 g/mol. The maximum Gasteiger partial charge on any atom is 0.238 e. The van der Waals surface area contributed by atoms with Gasteiger partial charge in [-0.3, -0.25) is 9.59 Å². The van der Waals surface area contributed by atoms with Crippen molar-refractivity contribution in [2.75, 3.05) is 12.4 Å². The highest BCUT2D eigenvalue weighted by Crippen LogP contribution is 2.27. The number of aliphatic imine (C=N–C) groups is 1. The van der Waals surface area contributed by atoms with E-state index < -0.39 is 5.25 Å². The van der Waals surface area contributed by atoms with E-state index in [2.05, 4.69) is 15.6 Å². The summed E-state index contributed by atoms with van der Waals surface area (Å²) in [6, 6.07) is 14.8. The average molecular weight is 369 g/mol. The Kier molecular flexibility index (Phi) is 5.58. The van der Waals surface area contributed by atoms with Gasteiger partial charge in [0.2, 0.25) is 11.8 Å². The Balaban J connectivity index is 1.74. The van der Waals surface area contributed by atoms with Crippen LogP contribution in [0.25, 0.3) is 0 Å². The molecule has 1 aliphatic rings. The van der Waals surface area contributed by atoms with Crippen LogP contribution in [0.15, 0.2) is 53.5 Å². The number of para-hydroxylation sites is 2. The minimum absolute atomic E-state index is 0.0958. The monoisotopic (exact) mass is 369 g/mol. The van der Waals surface area contributed by atoms with E-state index in [0.29, 0.717) is 16.6 Å². The van der Waals surface area contributed by atoms with Gasteiger partial charge in [-0.2, -0.15) is 0 Å². The van der Waals surface area contributed by atoms with Crippen LogP contribution in [0, 0.1) is 6.92 Å². The Morgan fingerprint density at radius 3 is 2.69 bits per heavy atom. The summed E-state index contributed by atoms with van der Waals surface area (Å²) in [6.45, 7) is 1.99. The Hall–Kier alpha value is -2.80. The van der Waals surface area contributed by atoms with Crippen molar-refractivity contribution in [1.29, 1.82) is 0 Å². The van der Waals surface area contributed by atoms with Crippen LogP contribution in [0.4, 0.5) is 11.4 Å². The van der Waals surface area contributed by atoms with E-state index >= 15 is 0 Å². The molecule has 1 atom stereocenters. The average Bonchev–Trinajstić information content (AvgIpc) is 2.63. The van der Waals surface area contributed by atoms with Crippen molar-refractivity contribution in [2.24, 2.45) is 4.99 Å². The molecule has 0 aromatic heterocycles. The first-order valence-corrected chi connectivity index (χ1v) is 8.99. The van der Waals surface area contributed by atoms with Gasteiger partial charge in [0, 0.05) is 6.42 Å². The van der Waals surface area contributed by atoms with Crippen LogP contribution in [0.2, 0.25) is 0 Å². The number of amides is 2. The Bertz CT molecular complexity index is 849. The first kappa shape index (κ1) is 18.0. The number of aryl methyl sites for hydroxylation is 1. The summed E-state index contributed by atoms with van der Waals surface area (Å²) < 4.78 is 5.24. The summed E-state index contributed by atoms with van der Waals surface area (Å²) in [7, 11) is 1.54. The third-order valence-corrected chi connectivity index (χ3v) is 4.87. The molecule has 0 bridgehead atoms. The van der Waals surface area contributed by atoms with E-state index in [-0.39, 0.29) is 18.2 Å². The molecule has 6 nitrogen and oxygen atoms in total. The van der Waals surface area contributed by atoms with Crippen molar-refractivity contribution < 1.29 is 14.3 Å². The number of nitrogens with zero attached hydrogens (tertiary/aromatic N) is 1. The largest absolute Gasteiger partial charge is 0.495 e. The molecule has 3 rings (SSSR count). The van der Waals surface area contributed by atoms with Gasteiger partial charge in [0.15, 0.2) is 5.17 Å². The fourth-order valence-electron chi connectivity index (χ4n) is 2.44. The van der Waals surface area contributed by atoms with Gasteiger partial charge in [0.25, 0.3) is 0 Å². The second-order valence-corrected chi connectivity index (χ2v) is 6.99. The van der Waals surface area contributed by atoms with Gasteiger partial charge in [-0.25, -0.2) is 4.99 Å². The van der Waals surface area contributed by atoms with Crippen LogP contribution in [0.1, 0.15) is 12.0 Å². The molecule has 0 saturated carbocycles. The minimum Gasteiger partial charge on any atom is -0.495 e. The van der Waals surface area contributed by atoms with Crippen molar-refractivity contribution in [3.8, 4) is 5.75 Å². The van der Waals surface area contributed by atoms with Crippen LogP contribution in [0.5, 0.6) is 5.75 Å². The van der Waals surface area contributed by atoms with Gasteiger partial charge < -0.3 is 15.4 Å². The maximum absolute atomic E-state index is 12.6. The highest BCUT2D eigenvalue weighted by atomic mass is 32.2. The molecule has 134 valence electrons. The van der Waals surface area contributed by atoms with Gasteiger partial charge in [0.1, 0.15) is 11.0 Å². The molecule has 0 unspecified atom stereocenters. The fraction of sp³-hybridized carbons (Fsp3) is 0.211. The van der Waals surface area contributed by atoms with Gasteiger partial charge in [-0.15, -0.1) is 0 Å². The first-order valence-electron chi connectivity index (χ1n) is 8.11. The molecule has 1 fully saturated rings. The smallest absolute Gasteiger partial charge is 0.238 e. The number of hydrogen-bond donors (Lipinski definition) is 2. The van der Waals surface area contributed by atoms with Crippen molar-refractivity contribution in [2.45, 2.75) is 18.6 Å². The second kappa shape index (κ2) is 8.05. The van der Waals surface area contributed by atoms with Crippen LogP contribution in [-0.4, -0.2) is 29.3 Å². The zero-order chi connectivity index (χ0) is 18.5. The van der Waals surface area contributed by atoms with Crippen LogP contribution < -0.4 is 15.4 Å². The second-order valence-electron chi connectivity index (χ2n) is 5.80. The zero-order valence-corrected chi connectivity index (χ0v) is 15.3. The predicted molar refractivity (Wildman–Crippen MR) is 104 cm³/mol. The van der Waals surface area contributed by atoms with E-state index in [4.69, 9.17) is 4.74 Å². The van der Waals surface area contributed by atoms with E-state index in [1.165, 1.54) is 11.8 Å². The molecular formula is C19H19N3O3S. The van der Waals surface area contributed by atoms with Crippen molar-refractivity contribution in [3.63, 3.8) is 0 Å². The number of rotatable bonds is 4. The van der Waals surface area contributed by atoms with Crippen molar-refractivity contribution >= 4 is 40.1 Å². The SMILES string of the molecule is COc1ccccc1NC(=O)[C@@H]1CC(=O)NC(=Nc2ccc(C)cc2)S1. The maximum atomic E-state index is 12.6. The molecule has 1 heterocycles. The zero-order valence-electron chi connectivity index (χ0n) is 14.5. The molecule has 26 heavy (non-hydrogen) atoms. The molecule has 7 heteroatoms. The highest BCUT2D eigenvalue weighted by molar-refractivity contribution is 8.15. The summed E-state index contributed by atoms with van der Waals surface area (Å²) in [5.74, 6) is 0.0837. The Labute approximate surface area is 156 Å². The number of benzene rings is 2. The third-order valence-electron chi connectivity index (χ3n) is 3.79. The summed E-state index contributed by atoms with van der Waals surface area (Å²) >= 11 is 1.24. The van der Waals surface area contributed by atoms with Gasteiger partial charge >= 0.3 is 0 Å². The lowest BCUT2D eigenvalue weighted by Crippen LogP contribution is -2.41. The standard InChI is InChI=1S/C19H19N3O3S/c1-12-7-9-13(10-8-12)20-19-22-17(23)11-16(26-19)18(24)21-14-5-3-4-6-15(14)25-2/h3-10,16H,11H2,1-2H3,(H,21,24)(H,20,22,23)/t16-/m0/s1. The molecule has 2 aromatic rings. The minimum atomic E-state index is -0.558. The molecule has 2 amide bonds. The number of thioether (sulfide) groups is 1. The number of amidine groups is 1. The summed E-state index contributed by atoms with van der Waals surface area (Å²) in [5.41, 5.74) is 2.43. The van der Waals surface area contributed by atoms with Crippen LogP contribution in [-0.2, 0) is 9.59 Å². The number of ether oxygens (including phenoxy) is 1. The van der Waals surface area contributed by atoms with Crippen LogP contribution in [0.3, 0.4) is 0 Å². The highest BCUT2D eigenvalue weighted by Gasteiger charge is 2.30. The number of carbonyl (C=O) groups is 2. The molecule has 2 N–H and O–H groups in total. The van der Waals surface area contributed by atoms with Crippen molar-refractivity contribution in [1.82, 2.24) is 5.32 Å². The lowest BCUT2D eigenvalue weighted by Gasteiger charge is -2.22. The normalized spacial score (nSPS) is 18.3. The number of anilines is 1. The van der Waals surface area contributed by atoms with E-state index in [9.17, 15) is 9.59 Å². The fourth-order valence-corrected chi connectivity index (χ4v) is 3.44. The van der Waals surface area contributed by atoms with Crippen molar-refractivity contribution in [3.05, 3.63) is 54.1 Å². The lowest BCUT2D eigenvalue weighted by molar-refractivity contribution is -0.123. The molecule has 1 aliphatic heterocycles. The third kappa shape index (κ3) is 4.43. The molecule has 1 saturated heterocycles. The van der Waals surface area contributed by atoms with Crippen LogP contribution >= 0.6 is 11.8 Å². The first-order chi connectivity index (χ1) is 12.5. The van der Waals surface area contributed by atoms with E-state index in [0.717, 1.165) is 11.3 Å². The molecule has 2 aromatic carbocycles. The van der Waals surface area contributed by atoms with E-state index in [1.807, 2.05) is 43.3 Å². The number of carbonyl (C=O) groups excluding carboxylic acids is 2. The molecule has 0 radical (unpaired) electrons. The summed E-state index contributed by atoms with van der Waals surface area (Å²) in [6.07, 6.45) is 0.0958. The number of methoxy groups -OCH3 is 1. The van der Waals surface area contributed by atoms with Gasteiger partial charge in [0.05, 0.1) is 18.5 Å². The molecule has 0 spiro atoms. The predicted octanol–water partition coefficient (Wildman–Crippen LogP) is 3.25.